The van der Waals surface area contributed by atoms with Crippen molar-refractivity contribution in [1.29, 1.82) is 0 Å². The van der Waals surface area contributed by atoms with Crippen LogP contribution in [0.25, 0.3) is 0 Å². The third-order valence-corrected chi connectivity index (χ3v) is 3.19. The van der Waals surface area contributed by atoms with Crippen molar-refractivity contribution in [1.82, 2.24) is 0 Å². The van der Waals surface area contributed by atoms with E-state index >= 15 is 0 Å². The monoisotopic (exact) mass is 253 g/mol. The maximum absolute atomic E-state index is 11.6. The highest BCUT2D eigenvalue weighted by Crippen LogP contribution is 2.14. The molecule has 0 saturated carbocycles. The third-order valence-electron chi connectivity index (χ3n) is 2.27. The number of carboxylic acids is 1. The van der Waals surface area contributed by atoms with Crippen molar-refractivity contribution < 1.29 is 14.7 Å². The molecule has 1 atom stereocenters. The Morgan fingerprint density at radius 3 is 2.76 bits per heavy atom. The molecule has 0 aliphatic carbocycles. The van der Waals surface area contributed by atoms with Gasteiger partial charge in [-0.15, -0.1) is 0 Å². The Balaban J connectivity index is 2.72. The van der Waals surface area contributed by atoms with Crippen LogP contribution in [0.2, 0.25) is 0 Å². The normalized spacial score (nSPS) is 11.9. The fourth-order valence-corrected chi connectivity index (χ4v) is 1.56. The van der Waals surface area contributed by atoms with E-state index in [9.17, 15) is 9.59 Å². The van der Waals surface area contributed by atoms with Crippen molar-refractivity contribution in [3.8, 4) is 0 Å². The summed E-state index contributed by atoms with van der Waals surface area (Å²) in [5.74, 6) is -0.962. The molecule has 0 aliphatic heterocycles. The van der Waals surface area contributed by atoms with Crippen molar-refractivity contribution >= 4 is 29.3 Å². The molecule has 1 aromatic rings. The summed E-state index contributed by atoms with van der Waals surface area (Å²) in [5.41, 5.74) is 1.31. The highest BCUT2D eigenvalue weighted by molar-refractivity contribution is 7.99. The summed E-state index contributed by atoms with van der Waals surface area (Å²) in [4.78, 5) is 22.2. The largest absolute Gasteiger partial charge is 0.481 e. The van der Waals surface area contributed by atoms with Crippen LogP contribution in [0.3, 0.4) is 0 Å². The minimum atomic E-state index is -0.883. The van der Waals surface area contributed by atoms with Gasteiger partial charge in [-0.2, -0.15) is 11.8 Å². The number of aliphatic carboxylic acids is 1. The van der Waals surface area contributed by atoms with Crippen molar-refractivity contribution in [2.24, 2.45) is 0 Å². The molecule has 5 heteroatoms. The van der Waals surface area contributed by atoms with E-state index in [1.54, 1.807) is 24.3 Å². The quantitative estimate of drug-likeness (QED) is 0.842. The first-order valence-corrected chi connectivity index (χ1v) is 6.46. The van der Waals surface area contributed by atoms with Gasteiger partial charge in [-0.05, 0) is 30.9 Å². The van der Waals surface area contributed by atoms with Gasteiger partial charge >= 0.3 is 5.97 Å². The van der Waals surface area contributed by atoms with Crippen molar-refractivity contribution in [3.05, 3.63) is 29.8 Å². The van der Waals surface area contributed by atoms with E-state index in [4.69, 9.17) is 5.11 Å². The van der Waals surface area contributed by atoms with Gasteiger partial charge < -0.3 is 10.4 Å². The summed E-state index contributed by atoms with van der Waals surface area (Å²) in [5, 5.41) is 11.3. The van der Waals surface area contributed by atoms with Crippen molar-refractivity contribution in [2.45, 2.75) is 18.6 Å². The predicted molar refractivity (Wildman–Crippen MR) is 69.4 cm³/mol. The molecule has 0 radical (unpaired) electrons. The van der Waals surface area contributed by atoms with Crippen LogP contribution in [0.5, 0.6) is 0 Å². The third kappa shape index (κ3) is 4.48. The van der Waals surface area contributed by atoms with Gasteiger partial charge in [0.2, 0.25) is 5.91 Å². The fourth-order valence-electron chi connectivity index (χ4n) is 1.28. The smallest absolute Gasteiger partial charge is 0.307 e. The van der Waals surface area contributed by atoms with Gasteiger partial charge in [-0.1, -0.05) is 12.1 Å². The fraction of sp³-hybridized carbons (Fsp3) is 0.333. The number of carbonyl (C=O) groups excluding carboxylic acids is 1. The second-order valence-electron chi connectivity index (χ2n) is 3.64. The van der Waals surface area contributed by atoms with Gasteiger partial charge in [0.1, 0.15) is 0 Å². The second kappa shape index (κ2) is 6.30. The van der Waals surface area contributed by atoms with Gasteiger partial charge in [0.25, 0.3) is 0 Å². The number of hydrogen-bond donors (Lipinski definition) is 2. The van der Waals surface area contributed by atoms with E-state index in [1.165, 1.54) is 11.8 Å². The second-order valence-corrected chi connectivity index (χ2v) is 4.82. The summed E-state index contributed by atoms with van der Waals surface area (Å²) in [6.07, 6.45) is 1.83. The molecule has 92 valence electrons. The van der Waals surface area contributed by atoms with Crippen LogP contribution in [0.1, 0.15) is 12.5 Å². The molecule has 0 spiro atoms. The van der Waals surface area contributed by atoms with Crippen LogP contribution in [0.15, 0.2) is 24.3 Å². The first-order chi connectivity index (χ1) is 8.02. The van der Waals surface area contributed by atoms with E-state index in [2.05, 4.69) is 5.32 Å². The average Bonchev–Trinajstić information content (AvgIpc) is 2.27. The first-order valence-electron chi connectivity index (χ1n) is 5.17. The van der Waals surface area contributed by atoms with Crippen molar-refractivity contribution in [3.63, 3.8) is 0 Å². The number of amides is 1. The van der Waals surface area contributed by atoms with Crippen LogP contribution in [-0.2, 0) is 16.0 Å². The van der Waals surface area contributed by atoms with Gasteiger partial charge in [-0.25, -0.2) is 0 Å². The van der Waals surface area contributed by atoms with Gasteiger partial charge in [0, 0.05) is 5.69 Å². The summed E-state index contributed by atoms with van der Waals surface area (Å²) < 4.78 is 0. The molecule has 0 saturated heterocycles. The average molecular weight is 253 g/mol. The molecule has 0 fully saturated rings. The lowest BCUT2D eigenvalue weighted by molar-refractivity contribution is -0.136. The summed E-state index contributed by atoms with van der Waals surface area (Å²) in [6, 6.07) is 6.88. The Morgan fingerprint density at radius 1 is 1.47 bits per heavy atom. The standard InChI is InChI=1S/C12H15NO3S/c1-8(17-2)12(16)13-10-5-3-4-9(6-10)7-11(14)15/h3-6,8H,7H2,1-2H3,(H,13,16)(H,14,15). The number of hydrogen-bond acceptors (Lipinski definition) is 3. The highest BCUT2D eigenvalue weighted by Gasteiger charge is 2.11. The molecule has 0 aliphatic rings. The van der Waals surface area contributed by atoms with Crippen LogP contribution in [-0.4, -0.2) is 28.5 Å². The molecule has 4 nitrogen and oxygen atoms in total. The topological polar surface area (TPSA) is 66.4 Å². The lowest BCUT2D eigenvalue weighted by atomic mass is 10.1. The van der Waals surface area contributed by atoms with Gasteiger partial charge in [-0.3, -0.25) is 9.59 Å². The number of anilines is 1. The number of thioether (sulfide) groups is 1. The van der Waals surface area contributed by atoms with Gasteiger partial charge in [0.05, 0.1) is 11.7 Å². The summed E-state index contributed by atoms with van der Waals surface area (Å²) in [7, 11) is 0. The first kappa shape index (κ1) is 13.6. The predicted octanol–water partition coefficient (Wildman–Crippen LogP) is 2.00. The number of carboxylic acid groups (broad SMARTS) is 1. The molecule has 17 heavy (non-hydrogen) atoms. The van der Waals surface area contributed by atoms with Crippen LogP contribution < -0.4 is 5.32 Å². The zero-order valence-corrected chi connectivity index (χ0v) is 10.6. The molecular weight excluding hydrogens is 238 g/mol. The zero-order chi connectivity index (χ0) is 12.8. The highest BCUT2D eigenvalue weighted by atomic mass is 32.2. The minimum absolute atomic E-state index is 0.0399. The molecule has 0 heterocycles. The Morgan fingerprint density at radius 2 is 2.18 bits per heavy atom. The van der Waals surface area contributed by atoms with Crippen molar-refractivity contribution in [2.75, 3.05) is 11.6 Å². The molecular formula is C12H15NO3S. The summed E-state index contributed by atoms with van der Waals surface area (Å²) >= 11 is 1.46. The van der Waals surface area contributed by atoms with E-state index in [1.807, 2.05) is 13.2 Å². The Hall–Kier alpha value is -1.49. The number of benzene rings is 1. The molecule has 1 rings (SSSR count). The minimum Gasteiger partial charge on any atom is -0.481 e. The SMILES string of the molecule is CSC(C)C(=O)Nc1cccc(CC(=O)O)c1. The maximum atomic E-state index is 11.6. The molecule has 1 amide bonds. The molecule has 0 aromatic heterocycles. The Bertz CT molecular complexity index is 420. The zero-order valence-electron chi connectivity index (χ0n) is 9.77. The Labute approximate surface area is 104 Å². The van der Waals surface area contributed by atoms with E-state index in [0.29, 0.717) is 11.3 Å². The lowest BCUT2D eigenvalue weighted by Gasteiger charge is -2.10. The lowest BCUT2D eigenvalue weighted by Crippen LogP contribution is -2.22. The number of nitrogens with one attached hydrogen (secondary N) is 1. The van der Waals surface area contributed by atoms with E-state index in [0.717, 1.165) is 0 Å². The van der Waals surface area contributed by atoms with Crippen LogP contribution >= 0.6 is 11.8 Å². The maximum Gasteiger partial charge on any atom is 0.307 e. The van der Waals surface area contributed by atoms with E-state index < -0.39 is 5.97 Å². The Kier molecular flexibility index (Phi) is 5.03. The van der Waals surface area contributed by atoms with Crippen LogP contribution in [0.4, 0.5) is 5.69 Å². The van der Waals surface area contributed by atoms with Gasteiger partial charge in [0.15, 0.2) is 0 Å². The summed E-state index contributed by atoms with van der Waals surface area (Å²) in [6.45, 7) is 1.82. The molecule has 0 bridgehead atoms. The van der Waals surface area contributed by atoms with E-state index in [-0.39, 0.29) is 17.6 Å². The molecule has 1 aromatic carbocycles. The molecule has 1 unspecified atom stereocenters. The number of carbonyl (C=O) groups is 2. The van der Waals surface area contributed by atoms with Crippen LogP contribution in [0, 0.1) is 0 Å². The molecule has 2 N–H and O–H groups in total. The number of rotatable bonds is 5.